The van der Waals surface area contributed by atoms with Crippen molar-refractivity contribution in [2.45, 2.75) is 52.5 Å². The van der Waals surface area contributed by atoms with Crippen molar-refractivity contribution in [1.82, 2.24) is 14.8 Å². The van der Waals surface area contributed by atoms with Gasteiger partial charge >= 0.3 is 5.97 Å². The van der Waals surface area contributed by atoms with Gasteiger partial charge in [0.1, 0.15) is 16.9 Å². The molecule has 2 aliphatic rings. The van der Waals surface area contributed by atoms with Gasteiger partial charge in [0.15, 0.2) is 5.82 Å². The zero-order valence-corrected chi connectivity index (χ0v) is 18.8. The summed E-state index contributed by atoms with van der Waals surface area (Å²) >= 11 is 8.10. The zero-order chi connectivity index (χ0) is 21.0. The largest absolute Gasteiger partial charge is 0.481 e. The number of aliphatic carboxylic acids is 1. The number of hydrogen-bond acceptors (Lipinski definition) is 5. The van der Waals surface area contributed by atoms with Crippen molar-refractivity contribution < 1.29 is 9.90 Å². The lowest BCUT2D eigenvalue weighted by Crippen LogP contribution is -2.35. The molecule has 1 aliphatic carbocycles. The number of carbonyl (C=O) groups is 1. The van der Waals surface area contributed by atoms with Gasteiger partial charge in [0.25, 0.3) is 0 Å². The van der Waals surface area contributed by atoms with Crippen LogP contribution in [-0.4, -0.2) is 36.9 Å². The predicted molar refractivity (Wildman–Crippen MR) is 116 cm³/mol. The maximum Gasteiger partial charge on any atom is 0.306 e. The molecule has 8 heteroatoms. The van der Waals surface area contributed by atoms with Crippen LogP contribution in [0.4, 0.5) is 0 Å². The van der Waals surface area contributed by atoms with E-state index >= 15 is 0 Å². The number of alkyl halides is 1. The van der Waals surface area contributed by atoms with E-state index in [0.717, 1.165) is 22.1 Å². The standard InChI is InChI=1S/C21H25ClN4O2S/c1-9(11(3)22)14-6-7-15(14)19-18-10(2)12(4)29-21(18)26-13(5)24-25-20(26)16(23-19)8-17(27)28/h6-7,9,11,14-16H,8H2,1-5H3,(H,27,28)/t9-,11+,14-,15?,16+/m0/s1. The molecule has 1 aliphatic heterocycles. The lowest BCUT2D eigenvalue weighted by Gasteiger charge is -2.36. The quantitative estimate of drug-likeness (QED) is 0.551. The number of thiophene rings is 1. The Kier molecular flexibility index (Phi) is 5.15. The molecule has 2 aromatic heterocycles. The summed E-state index contributed by atoms with van der Waals surface area (Å²) in [5.74, 6) is 1.14. The van der Waals surface area contributed by atoms with Gasteiger partial charge in [-0.05, 0) is 45.1 Å². The summed E-state index contributed by atoms with van der Waals surface area (Å²) in [4.78, 5) is 17.8. The van der Waals surface area contributed by atoms with Crippen molar-refractivity contribution in [2.75, 3.05) is 0 Å². The third-order valence-corrected chi connectivity index (χ3v) is 7.83. The van der Waals surface area contributed by atoms with Crippen LogP contribution in [0.3, 0.4) is 0 Å². The number of aliphatic imine (C=N–C) groups is 1. The van der Waals surface area contributed by atoms with E-state index in [1.54, 1.807) is 11.3 Å². The molecule has 1 N–H and O–H groups in total. The van der Waals surface area contributed by atoms with Crippen LogP contribution >= 0.6 is 22.9 Å². The Hall–Kier alpha value is -1.99. The SMILES string of the molecule is Cc1sc2c(c1C)C(C1C=C[C@H]1[C@@H](C)[C@@H](C)Cl)=N[C@H](CC(=O)O)c1nnc(C)n1-2. The molecule has 4 rings (SSSR count). The van der Waals surface area contributed by atoms with Crippen LogP contribution in [-0.2, 0) is 4.79 Å². The average molecular weight is 433 g/mol. The molecule has 0 saturated heterocycles. The van der Waals surface area contributed by atoms with E-state index < -0.39 is 12.0 Å². The minimum Gasteiger partial charge on any atom is -0.481 e. The number of nitrogens with zero attached hydrogens (tertiary/aromatic N) is 4. The first-order chi connectivity index (χ1) is 13.7. The molecule has 6 nitrogen and oxygen atoms in total. The van der Waals surface area contributed by atoms with E-state index in [9.17, 15) is 9.90 Å². The van der Waals surface area contributed by atoms with Gasteiger partial charge in [0.05, 0.1) is 12.1 Å². The van der Waals surface area contributed by atoms with Gasteiger partial charge < -0.3 is 5.11 Å². The smallest absolute Gasteiger partial charge is 0.306 e. The number of fused-ring (bicyclic) bond motifs is 3. The molecule has 3 heterocycles. The Labute approximate surface area is 179 Å². The number of aryl methyl sites for hydroxylation is 2. The molecule has 154 valence electrons. The van der Waals surface area contributed by atoms with Gasteiger partial charge in [-0.1, -0.05) is 19.1 Å². The predicted octanol–water partition coefficient (Wildman–Crippen LogP) is 4.64. The first-order valence-electron chi connectivity index (χ1n) is 9.85. The summed E-state index contributed by atoms with van der Waals surface area (Å²) in [7, 11) is 0. The summed E-state index contributed by atoms with van der Waals surface area (Å²) in [6, 6.07) is -0.568. The van der Waals surface area contributed by atoms with E-state index in [2.05, 4.69) is 43.1 Å². The van der Waals surface area contributed by atoms with Crippen molar-refractivity contribution in [3.8, 4) is 5.00 Å². The summed E-state index contributed by atoms with van der Waals surface area (Å²) < 4.78 is 2.00. The number of rotatable bonds is 5. The Bertz CT molecular complexity index is 1040. The van der Waals surface area contributed by atoms with Crippen molar-refractivity contribution in [3.63, 3.8) is 0 Å². The minimum atomic E-state index is -0.896. The summed E-state index contributed by atoms with van der Waals surface area (Å²) in [6.07, 6.45) is 4.26. The van der Waals surface area contributed by atoms with E-state index in [-0.39, 0.29) is 23.6 Å². The molecular formula is C21H25ClN4O2S. The molecule has 5 atom stereocenters. The maximum atomic E-state index is 11.6. The van der Waals surface area contributed by atoms with E-state index in [1.165, 1.54) is 10.4 Å². The van der Waals surface area contributed by atoms with Crippen LogP contribution in [0.15, 0.2) is 17.1 Å². The fourth-order valence-electron chi connectivity index (χ4n) is 4.19. The first kappa shape index (κ1) is 20.3. The zero-order valence-electron chi connectivity index (χ0n) is 17.2. The van der Waals surface area contributed by atoms with Gasteiger partial charge in [-0.3, -0.25) is 14.4 Å². The Morgan fingerprint density at radius 3 is 2.59 bits per heavy atom. The van der Waals surface area contributed by atoms with Crippen LogP contribution < -0.4 is 0 Å². The second-order valence-electron chi connectivity index (χ2n) is 8.06. The highest BCUT2D eigenvalue weighted by molar-refractivity contribution is 7.15. The van der Waals surface area contributed by atoms with Gasteiger partial charge in [-0.25, -0.2) is 0 Å². The number of carboxylic acid groups (broad SMARTS) is 1. The van der Waals surface area contributed by atoms with E-state index in [1.807, 2.05) is 18.4 Å². The van der Waals surface area contributed by atoms with Crippen LogP contribution in [0.1, 0.15) is 54.0 Å². The molecule has 0 fully saturated rings. The van der Waals surface area contributed by atoms with E-state index in [0.29, 0.717) is 11.7 Å². The fourth-order valence-corrected chi connectivity index (χ4v) is 5.58. The second-order valence-corrected chi connectivity index (χ2v) is 9.95. The lowest BCUT2D eigenvalue weighted by atomic mass is 9.69. The summed E-state index contributed by atoms with van der Waals surface area (Å²) in [5, 5.41) is 19.1. The normalized spacial score (nSPS) is 24.8. The third-order valence-electron chi connectivity index (χ3n) is 6.24. The average Bonchev–Trinajstić information content (AvgIpc) is 3.08. The number of aromatic nitrogens is 3. The van der Waals surface area contributed by atoms with Gasteiger partial charge in [-0.15, -0.1) is 33.1 Å². The number of halogens is 1. The number of allylic oxidation sites excluding steroid dienone is 2. The molecule has 0 bridgehead atoms. The van der Waals surface area contributed by atoms with Crippen LogP contribution in [0.5, 0.6) is 0 Å². The molecule has 0 aromatic carbocycles. The Balaban J connectivity index is 1.91. The van der Waals surface area contributed by atoms with Crippen LogP contribution in [0.25, 0.3) is 5.00 Å². The Morgan fingerprint density at radius 2 is 2.00 bits per heavy atom. The highest BCUT2D eigenvalue weighted by Gasteiger charge is 2.40. The van der Waals surface area contributed by atoms with Crippen LogP contribution in [0.2, 0.25) is 0 Å². The topological polar surface area (TPSA) is 80.4 Å². The second kappa shape index (κ2) is 7.36. The van der Waals surface area contributed by atoms with Crippen LogP contribution in [0, 0.1) is 38.5 Å². The molecule has 0 radical (unpaired) electrons. The molecule has 29 heavy (non-hydrogen) atoms. The van der Waals surface area contributed by atoms with Gasteiger partial charge in [0, 0.05) is 21.7 Å². The van der Waals surface area contributed by atoms with E-state index in [4.69, 9.17) is 16.6 Å². The van der Waals surface area contributed by atoms with Crippen molar-refractivity contribution >= 4 is 34.6 Å². The maximum absolute atomic E-state index is 11.6. The number of carboxylic acids is 1. The van der Waals surface area contributed by atoms with Crippen molar-refractivity contribution in [1.29, 1.82) is 0 Å². The number of hydrogen-bond donors (Lipinski definition) is 1. The summed E-state index contributed by atoms with van der Waals surface area (Å²) in [6.45, 7) is 10.3. The molecule has 2 aromatic rings. The molecular weight excluding hydrogens is 408 g/mol. The van der Waals surface area contributed by atoms with Crippen molar-refractivity contribution in [2.24, 2.45) is 22.7 Å². The lowest BCUT2D eigenvalue weighted by molar-refractivity contribution is -0.137. The molecule has 0 spiro atoms. The highest BCUT2D eigenvalue weighted by atomic mass is 35.5. The Morgan fingerprint density at radius 1 is 1.28 bits per heavy atom. The third kappa shape index (κ3) is 3.24. The van der Waals surface area contributed by atoms with Gasteiger partial charge in [0.2, 0.25) is 0 Å². The molecule has 0 amide bonds. The van der Waals surface area contributed by atoms with Crippen molar-refractivity contribution in [3.05, 3.63) is 39.8 Å². The highest BCUT2D eigenvalue weighted by Crippen LogP contribution is 2.44. The first-order valence-corrected chi connectivity index (χ1v) is 11.1. The monoisotopic (exact) mass is 432 g/mol. The molecule has 0 saturated carbocycles. The fraction of sp³-hybridized carbons (Fsp3) is 0.524. The van der Waals surface area contributed by atoms with Gasteiger partial charge in [-0.2, -0.15) is 0 Å². The molecule has 1 unspecified atom stereocenters. The summed E-state index contributed by atoms with van der Waals surface area (Å²) in [5.41, 5.74) is 3.23. The minimum absolute atomic E-state index is 0.0420.